The van der Waals surface area contributed by atoms with Gasteiger partial charge < -0.3 is 5.32 Å². The molecule has 4 nitrogen and oxygen atoms in total. The zero-order valence-corrected chi connectivity index (χ0v) is 16.6. The van der Waals surface area contributed by atoms with Gasteiger partial charge in [-0.1, -0.05) is 47.5 Å². The Morgan fingerprint density at radius 1 is 1.04 bits per heavy atom. The standard InChI is InChI=1S/C22H18Cl2N4/c23-17-8-4-14(5-9-17)12-16-2-1-3-19-20(15-6-10-18(24)11-7-15)27-22(26-13-25)28-21(16)19/h4-12,20H,1-3H2,(H2,26,27,28)/b16-12+/t20-/m1/s1. The molecule has 2 aliphatic rings. The summed E-state index contributed by atoms with van der Waals surface area (Å²) < 4.78 is 0. The summed E-state index contributed by atoms with van der Waals surface area (Å²) in [5.41, 5.74) is 5.64. The molecule has 0 radical (unpaired) electrons. The van der Waals surface area contributed by atoms with Crippen molar-refractivity contribution in [3.8, 4) is 6.19 Å². The third kappa shape index (κ3) is 3.91. The minimum atomic E-state index is -0.140. The van der Waals surface area contributed by atoms with E-state index in [0.29, 0.717) is 11.0 Å². The highest BCUT2D eigenvalue weighted by Crippen LogP contribution is 2.40. The van der Waals surface area contributed by atoms with Crippen molar-refractivity contribution in [3.63, 3.8) is 0 Å². The fourth-order valence-corrected chi connectivity index (χ4v) is 3.91. The highest BCUT2D eigenvalue weighted by Gasteiger charge is 2.29. The molecule has 1 atom stereocenters. The number of nitrogens with one attached hydrogen (secondary N) is 2. The van der Waals surface area contributed by atoms with Crippen molar-refractivity contribution in [3.05, 3.63) is 86.5 Å². The van der Waals surface area contributed by atoms with Gasteiger partial charge in [0.05, 0.1) is 0 Å². The summed E-state index contributed by atoms with van der Waals surface area (Å²) in [6, 6.07) is 15.4. The smallest absolute Gasteiger partial charge is 0.210 e. The van der Waals surface area contributed by atoms with Crippen molar-refractivity contribution >= 4 is 35.2 Å². The lowest BCUT2D eigenvalue weighted by Gasteiger charge is -2.32. The number of allylic oxidation sites excluding steroid dienone is 1. The van der Waals surface area contributed by atoms with E-state index in [1.165, 1.54) is 11.1 Å². The van der Waals surface area contributed by atoms with E-state index in [1.807, 2.05) is 54.7 Å². The van der Waals surface area contributed by atoms with Gasteiger partial charge in [0.15, 0.2) is 6.19 Å². The van der Waals surface area contributed by atoms with E-state index >= 15 is 0 Å². The summed E-state index contributed by atoms with van der Waals surface area (Å²) in [5, 5.41) is 16.5. The maximum absolute atomic E-state index is 9.09. The third-order valence-corrected chi connectivity index (χ3v) is 5.44. The molecular formula is C22H18Cl2N4. The van der Waals surface area contributed by atoms with Gasteiger partial charge >= 0.3 is 0 Å². The summed E-state index contributed by atoms with van der Waals surface area (Å²) in [6.07, 6.45) is 7.11. The number of aliphatic imine (C=N–C) groups is 1. The molecule has 6 heteroatoms. The molecular weight excluding hydrogens is 391 g/mol. The van der Waals surface area contributed by atoms with Crippen LogP contribution < -0.4 is 10.6 Å². The molecule has 2 aromatic carbocycles. The highest BCUT2D eigenvalue weighted by atomic mass is 35.5. The Bertz CT molecular complexity index is 1010. The number of hydrogen-bond donors (Lipinski definition) is 2. The van der Waals surface area contributed by atoms with Crippen molar-refractivity contribution in [1.82, 2.24) is 10.6 Å². The zero-order valence-electron chi connectivity index (χ0n) is 15.0. The van der Waals surface area contributed by atoms with Gasteiger partial charge in [-0.3, -0.25) is 5.32 Å². The van der Waals surface area contributed by atoms with Gasteiger partial charge in [-0.05, 0) is 71.9 Å². The molecule has 0 fully saturated rings. The first-order chi connectivity index (χ1) is 13.6. The lowest BCUT2D eigenvalue weighted by Crippen LogP contribution is -2.39. The Labute approximate surface area is 174 Å². The van der Waals surface area contributed by atoms with Gasteiger partial charge in [-0.2, -0.15) is 5.26 Å². The first-order valence-electron chi connectivity index (χ1n) is 9.09. The predicted molar refractivity (Wildman–Crippen MR) is 114 cm³/mol. The molecule has 1 aliphatic carbocycles. The Morgan fingerprint density at radius 2 is 1.71 bits per heavy atom. The van der Waals surface area contributed by atoms with Crippen LogP contribution in [0.15, 0.2) is 70.4 Å². The maximum Gasteiger partial charge on any atom is 0.210 e. The topological polar surface area (TPSA) is 60.2 Å². The van der Waals surface area contributed by atoms with Crippen molar-refractivity contribution in [2.75, 3.05) is 0 Å². The van der Waals surface area contributed by atoms with Gasteiger partial charge in [-0.25, -0.2) is 4.99 Å². The molecule has 0 saturated heterocycles. The van der Waals surface area contributed by atoms with E-state index in [9.17, 15) is 0 Å². The van der Waals surface area contributed by atoms with Gasteiger partial charge in [0.2, 0.25) is 5.96 Å². The van der Waals surface area contributed by atoms with Gasteiger partial charge in [0.1, 0.15) is 6.04 Å². The molecule has 0 aromatic heterocycles. The molecule has 2 aromatic rings. The van der Waals surface area contributed by atoms with E-state index < -0.39 is 0 Å². The van der Waals surface area contributed by atoms with Crippen molar-refractivity contribution in [1.29, 1.82) is 5.26 Å². The molecule has 0 spiro atoms. The van der Waals surface area contributed by atoms with E-state index in [2.05, 4.69) is 16.7 Å². The second-order valence-electron chi connectivity index (χ2n) is 6.77. The predicted octanol–water partition coefficient (Wildman–Crippen LogP) is 5.59. The second kappa shape index (κ2) is 8.10. The Hall–Kier alpha value is -2.74. The van der Waals surface area contributed by atoms with Gasteiger partial charge in [0.25, 0.3) is 0 Å². The molecule has 0 bridgehead atoms. The van der Waals surface area contributed by atoms with E-state index in [4.69, 9.17) is 33.5 Å². The van der Waals surface area contributed by atoms with E-state index in [0.717, 1.165) is 41.1 Å². The van der Waals surface area contributed by atoms with Crippen LogP contribution in [0, 0.1) is 11.5 Å². The average Bonchev–Trinajstić information content (AvgIpc) is 2.70. The number of rotatable bonds is 2. The number of guanidine groups is 1. The third-order valence-electron chi connectivity index (χ3n) is 4.94. The van der Waals surface area contributed by atoms with Crippen LogP contribution in [0.4, 0.5) is 0 Å². The van der Waals surface area contributed by atoms with Gasteiger partial charge in [0, 0.05) is 15.7 Å². The van der Waals surface area contributed by atoms with Crippen molar-refractivity contribution in [2.24, 2.45) is 4.99 Å². The largest absolute Gasteiger partial charge is 0.325 e. The molecule has 0 amide bonds. The summed E-state index contributed by atoms with van der Waals surface area (Å²) >= 11 is 12.1. The minimum Gasteiger partial charge on any atom is -0.325 e. The fraction of sp³-hybridized carbons (Fsp3) is 0.182. The first-order valence-corrected chi connectivity index (χ1v) is 9.84. The van der Waals surface area contributed by atoms with Crippen LogP contribution in [0.5, 0.6) is 0 Å². The molecule has 28 heavy (non-hydrogen) atoms. The Kier molecular flexibility index (Phi) is 5.38. The fourth-order valence-electron chi connectivity index (χ4n) is 3.66. The zero-order chi connectivity index (χ0) is 19.5. The molecule has 1 heterocycles. The second-order valence-corrected chi connectivity index (χ2v) is 7.64. The number of nitriles is 1. The Morgan fingerprint density at radius 3 is 2.39 bits per heavy atom. The van der Waals surface area contributed by atoms with Crippen LogP contribution in [0.2, 0.25) is 10.0 Å². The molecule has 140 valence electrons. The lowest BCUT2D eigenvalue weighted by molar-refractivity contribution is 0.651. The summed E-state index contributed by atoms with van der Waals surface area (Å²) in [5.74, 6) is 0.463. The summed E-state index contributed by atoms with van der Waals surface area (Å²) in [6.45, 7) is 0. The van der Waals surface area contributed by atoms with Crippen molar-refractivity contribution in [2.45, 2.75) is 25.3 Å². The van der Waals surface area contributed by atoms with E-state index in [-0.39, 0.29) is 6.04 Å². The van der Waals surface area contributed by atoms with Crippen molar-refractivity contribution < 1.29 is 0 Å². The van der Waals surface area contributed by atoms with Crippen LogP contribution in [0.3, 0.4) is 0 Å². The minimum absolute atomic E-state index is 0.140. The normalized spacial score (nSPS) is 20.1. The molecule has 1 aliphatic heterocycles. The van der Waals surface area contributed by atoms with Crippen LogP contribution in [0.25, 0.3) is 6.08 Å². The quantitative estimate of drug-likeness (QED) is 0.503. The summed E-state index contributed by atoms with van der Waals surface area (Å²) in [4.78, 5) is 4.74. The summed E-state index contributed by atoms with van der Waals surface area (Å²) in [7, 11) is 0. The molecule has 0 unspecified atom stereocenters. The molecule has 4 rings (SSSR count). The SMILES string of the molecule is N#CNC1=N[C@H](c2ccc(Cl)cc2)C2=C(N1)/C(=C/c1ccc(Cl)cc1)CCC2. The van der Waals surface area contributed by atoms with Crippen LogP contribution in [-0.2, 0) is 0 Å². The van der Waals surface area contributed by atoms with Crippen LogP contribution in [0.1, 0.15) is 36.4 Å². The number of hydrogen-bond acceptors (Lipinski definition) is 4. The van der Waals surface area contributed by atoms with Gasteiger partial charge in [-0.15, -0.1) is 0 Å². The number of benzene rings is 2. The number of halogens is 2. The Balaban J connectivity index is 1.77. The van der Waals surface area contributed by atoms with Crippen LogP contribution in [-0.4, -0.2) is 5.96 Å². The molecule has 0 saturated carbocycles. The highest BCUT2D eigenvalue weighted by molar-refractivity contribution is 6.30. The van der Waals surface area contributed by atoms with Crippen LogP contribution >= 0.6 is 23.2 Å². The first kappa shape index (κ1) is 18.6. The monoisotopic (exact) mass is 408 g/mol. The van der Waals surface area contributed by atoms with E-state index in [1.54, 1.807) is 0 Å². The molecule has 2 N–H and O–H groups in total. The lowest BCUT2D eigenvalue weighted by atomic mass is 9.84. The average molecular weight is 409 g/mol. The maximum atomic E-state index is 9.09. The number of nitrogens with zero attached hydrogens (tertiary/aromatic N) is 2.